The Morgan fingerprint density at radius 1 is 1.22 bits per heavy atom. The summed E-state index contributed by atoms with van der Waals surface area (Å²) >= 11 is 5.88. The molecular weight excluding hydrogens is 339 g/mol. The van der Waals surface area contributed by atoms with Crippen LogP contribution in [0.15, 0.2) is 35.2 Å². The number of aryl methyl sites for hydroxylation is 1. The van der Waals surface area contributed by atoms with E-state index in [-0.39, 0.29) is 22.0 Å². The van der Waals surface area contributed by atoms with E-state index >= 15 is 0 Å². The van der Waals surface area contributed by atoms with Crippen LogP contribution < -0.4 is 10.0 Å². The van der Waals surface area contributed by atoms with E-state index in [0.717, 1.165) is 24.7 Å². The van der Waals surface area contributed by atoms with Crippen molar-refractivity contribution in [3.05, 3.63) is 63.4 Å². The third-order valence-electron chi connectivity index (χ3n) is 3.87. The predicted molar refractivity (Wildman–Crippen MR) is 87.2 cm³/mol. The lowest BCUT2D eigenvalue weighted by atomic mass is 10.1. The number of nitrogens with one attached hydrogen (secondary N) is 2. The van der Waals surface area contributed by atoms with Crippen molar-refractivity contribution in [2.24, 2.45) is 0 Å². The third kappa shape index (κ3) is 3.40. The number of benzene rings is 2. The first-order valence-electron chi connectivity index (χ1n) is 7.13. The molecule has 0 spiro atoms. The van der Waals surface area contributed by atoms with Gasteiger partial charge in [0.25, 0.3) is 0 Å². The Morgan fingerprint density at radius 2 is 1.96 bits per heavy atom. The molecule has 1 aliphatic heterocycles. The van der Waals surface area contributed by atoms with E-state index in [0.29, 0.717) is 0 Å². The number of sulfonamides is 1. The summed E-state index contributed by atoms with van der Waals surface area (Å²) in [4.78, 5) is -0.110. The third-order valence-corrected chi connectivity index (χ3v) is 5.74. The molecule has 23 heavy (non-hydrogen) atoms. The van der Waals surface area contributed by atoms with Crippen LogP contribution in [0, 0.1) is 12.7 Å². The van der Waals surface area contributed by atoms with Gasteiger partial charge in [-0.25, -0.2) is 17.5 Å². The van der Waals surface area contributed by atoms with Crippen molar-refractivity contribution in [2.45, 2.75) is 31.5 Å². The highest BCUT2D eigenvalue weighted by Crippen LogP contribution is 2.25. The molecule has 2 aromatic rings. The van der Waals surface area contributed by atoms with Crippen LogP contribution in [0.25, 0.3) is 0 Å². The smallest absolute Gasteiger partial charge is 0.242 e. The van der Waals surface area contributed by atoms with E-state index < -0.39 is 15.8 Å². The highest BCUT2D eigenvalue weighted by atomic mass is 35.5. The number of halogens is 2. The van der Waals surface area contributed by atoms with Crippen molar-refractivity contribution in [1.29, 1.82) is 0 Å². The van der Waals surface area contributed by atoms with Gasteiger partial charge >= 0.3 is 0 Å². The highest BCUT2D eigenvalue weighted by molar-refractivity contribution is 7.89. The maximum absolute atomic E-state index is 13.4. The first-order chi connectivity index (χ1) is 10.9. The van der Waals surface area contributed by atoms with Crippen LogP contribution in [-0.2, 0) is 29.7 Å². The molecule has 0 amide bonds. The summed E-state index contributed by atoms with van der Waals surface area (Å²) in [6.45, 7) is 3.28. The van der Waals surface area contributed by atoms with E-state index in [4.69, 9.17) is 11.6 Å². The van der Waals surface area contributed by atoms with E-state index in [2.05, 4.69) is 10.0 Å². The van der Waals surface area contributed by atoms with Gasteiger partial charge in [-0.2, -0.15) is 0 Å². The second-order valence-corrected chi connectivity index (χ2v) is 7.71. The van der Waals surface area contributed by atoms with Gasteiger partial charge in [-0.05, 0) is 41.3 Å². The molecule has 4 nitrogen and oxygen atoms in total. The predicted octanol–water partition coefficient (Wildman–Crippen LogP) is 2.87. The zero-order valence-electron chi connectivity index (χ0n) is 12.5. The molecule has 0 saturated heterocycles. The molecule has 0 fully saturated rings. The first-order valence-corrected chi connectivity index (χ1v) is 8.99. The Hall–Kier alpha value is -1.47. The lowest BCUT2D eigenvalue weighted by molar-refractivity contribution is 0.580. The lowest BCUT2D eigenvalue weighted by Crippen LogP contribution is -2.24. The normalized spacial score (nSPS) is 14.0. The van der Waals surface area contributed by atoms with Crippen LogP contribution in [0.5, 0.6) is 0 Å². The fourth-order valence-electron chi connectivity index (χ4n) is 2.55. The molecule has 0 atom stereocenters. The molecule has 1 aliphatic rings. The summed E-state index contributed by atoms with van der Waals surface area (Å²) in [5, 5.41) is 3.11. The Morgan fingerprint density at radius 3 is 2.74 bits per heavy atom. The zero-order valence-corrected chi connectivity index (χ0v) is 14.1. The van der Waals surface area contributed by atoms with E-state index in [9.17, 15) is 12.8 Å². The van der Waals surface area contributed by atoms with Crippen molar-refractivity contribution < 1.29 is 12.8 Å². The van der Waals surface area contributed by atoms with Gasteiger partial charge in [0.05, 0.1) is 5.02 Å². The monoisotopic (exact) mass is 354 g/mol. The van der Waals surface area contributed by atoms with Crippen LogP contribution in [0.4, 0.5) is 4.39 Å². The summed E-state index contributed by atoms with van der Waals surface area (Å²) < 4.78 is 40.7. The van der Waals surface area contributed by atoms with Crippen LogP contribution in [-0.4, -0.2) is 8.42 Å². The average Bonchev–Trinajstić information content (AvgIpc) is 2.96. The largest absolute Gasteiger partial charge is 0.309 e. The summed E-state index contributed by atoms with van der Waals surface area (Å²) in [6, 6.07) is 8.13. The van der Waals surface area contributed by atoms with Gasteiger partial charge in [-0.1, -0.05) is 29.8 Å². The first kappa shape index (κ1) is 16.4. The van der Waals surface area contributed by atoms with E-state index in [1.165, 1.54) is 24.1 Å². The van der Waals surface area contributed by atoms with Crippen LogP contribution in [0.3, 0.4) is 0 Å². The minimum absolute atomic E-state index is 0.110. The molecule has 2 N–H and O–H groups in total. The molecule has 0 aromatic heterocycles. The molecule has 0 bridgehead atoms. The molecule has 0 saturated carbocycles. The lowest BCUT2D eigenvalue weighted by Gasteiger charge is -2.10. The molecule has 7 heteroatoms. The second kappa shape index (κ2) is 6.20. The van der Waals surface area contributed by atoms with Crippen LogP contribution in [0.2, 0.25) is 5.02 Å². The number of hydrogen-bond acceptors (Lipinski definition) is 3. The standard InChI is InChI=1S/C16H16ClFN2O2S/c1-10-4-16(14(17)6-15(10)18)23(21,22)20-7-11-2-3-12-8-19-9-13(12)5-11/h2-6,19-20H,7-9H2,1H3. The second-order valence-electron chi connectivity index (χ2n) is 5.56. The fourth-order valence-corrected chi connectivity index (χ4v) is 4.17. The van der Waals surface area contributed by atoms with Crippen LogP contribution >= 0.6 is 11.6 Å². The Kier molecular flexibility index (Phi) is 4.42. The quantitative estimate of drug-likeness (QED) is 0.887. The minimum Gasteiger partial charge on any atom is -0.309 e. The van der Waals surface area contributed by atoms with Gasteiger partial charge in [-0.3, -0.25) is 0 Å². The fraction of sp³-hybridized carbons (Fsp3) is 0.250. The van der Waals surface area contributed by atoms with Gasteiger partial charge in [0, 0.05) is 19.6 Å². The van der Waals surface area contributed by atoms with Gasteiger partial charge in [-0.15, -0.1) is 0 Å². The molecule has 122 valence electrons. The molecule has 1 heterocycles. The van der Waals surface area contributed by atoms with Gasteiger partial charge in [0.15, 0.2) is 0 Å². The molecular formula is C16H16ClFN2O2S. The Labute approximate surface area is 139 Å². The molecule has 0 radical (unpaired) electrons. The van der Waals surface area contributed by atoms with Crippen molar-refractivity contribution in [3.63, 3.8) is 0 Å². The molecule has 0 unspecified atom stereocenters. The van der Waals surface area contributed by atoms with Crippen molar-refractivity contribution in [1.82, 2.24) is 10.0 Å². The maximum Gasteiger partial charge on any atom is 0.242 e. The summed E-state index contributed by atoms with van der Waals surface area (Å²) in [5.74, 6) is -0.528. The van der Waals surface area contributed by atoms with E-state index in [1.807, 2.05) is 18.2 Å². The van der Waals surface area contributed by atoms with Gasteiger partial charge in [0.2, 0.25) is 10.0 Å². The summed E-state index contributed by atoms with van der Waals surface area (Å²) in [7, 11) is -3.81. The van der Waals surface area contributed by atoms with E-state index in [1.54, 1.807) is 0 Å². The molecule has 3 rings (SSSR count). The SMILES string of the molecule is Cc1cc(S(=O)(=O)NCc2ccc3c(c2)CNC3)c(Cl)cc1F. The van der Waals surface area contributed by atoms with Gasteiger partial charge < -0.3 is 5.32 Å². The number of hydrogen-bond donors (Lipinski definition) is 2. The van der Waals surface area contributed by atoms with Crippen molar-refractivity contribution in [2.75, 3.05) is 0 Å². The van der Waals surface area contributed by atoms with Crippen molar-refractivity contribution >= 4 is 21.6 Å². The number of fused-ring (bicyclic) bond motifs is 1. The summed E-state index contributed by atoms with van der Waals surface area (Å²) in [5.41, 5.74) is 3.51. The zero-order chi connectivity index (χ0) is 16.6. The molecule has 0 aliphatic carbocycles. The van der Waals surface area contributed by atoms with Crippen LogP contribution in [0.1, 0.15) is 22.3 Å². The minimum atomic E-state index is -3.81. The van der Waals surface area contributed by atoms with Crippen molar-refractivity contribution in [3.8, 4) is 0 Å². The Balaban J connectivity index is 1.81. The Bertz CT molecular complexity index is 869. The molecule has 2 aromatic carbocycles. The highest BCUT2D eigenvalue weighted by Gasteiger charge is 2.20. The topological polar surface area (TPSA) is 58.2 Å². The summed E-state index contributed by atoms with van der Waals surface area (Å²) in [6.07, 6.45) is 0. The number of rotatable bonds is 4. The van der Waals surface area contributed by atoms with Gasteiger partial charge in [0.1, 0.15) is 10.7 Å². The maximum atomic E-state index is 13.4. The average molecular weight is 355 g/mol.